The van der Waals surface area contributed by atoms with Crippen LogP contribution in [0.3, 0.4) is 0 Å². The average Bonchev–Trinajstić information content (AvgIpc) is 2.29. The first-order valence-electron chi connectivity index (χ1n) is 5.73. The number of halogens is 1. The van der Waals surface area contributed by atoms with Crippen LogP contribution in [0.2, 0.25) is 0 Å². The Morgan fingerprint density at radius 3 is 2.65 bits per heavy atom. The molecule has 1 heterocycles. The largest absolute Gasteiger partial charge is 0.383 e. The predicted molar refractivity (Wildman–Crippen MR) is 70.9 cm³/mol. The van der Waals surface area contributed by atoms with E-state index in [0.717, 1.165) is 19.3 Å². The average molecular weight is 287 g/mol. The Morgan fingerprint density at radius 2 is 2.12 bits per heavy atom. The molecule has 1 rings (SSSR count). The Hall–Kier alpha value is 0.120. The van der Waals surface area contributed by atoms with Crippen molar-refractivity contribution >= 4 is 22.4 Å². The van der Waals surface area contributed by atoms with Crippen molar-refractivity contribution in [1.82, 2.24) is 4.31 Å². The van der Waals surface area contributed by atoms with Gasteiger partial charge >= 0.3 is 0 Å². The monoisotopic (exact) mass is 286 g/mol. The Bertz CT molecular complexity index is 311. The lowest BCUT2D eigenvalue weighted by Gasteiger charge is -2.35. The Morgan fingerprint density at radius 1 is 1.47 bits per heavy atom. The lowest BCUT2D eigenvalue weighted by atomic mass is 10.1. The SMILES string of the molecule is COCC(C)S(=O)(=O)N1CCCCC1CN.Cl. The van der Waals surface area contributed by atoms with Crippen LogP contribution in [0.4, 0.5) is 0 Å². The number of hydrogen-bond acceptors (Lipinski definition) is 4. The Labute approximate surface area is 110 Å². The number of nitrogens with two attached hydrogens (primary N) is 1. The molecule has 2 N–H and O–H groups in total. The fraction of sp³-hybridized carbons (Fsp3) is 1.00. The van der Waals surface area contributed by atoms with Gasteiger partial charge in [-0.3, -0.25) is 0 Å². The Balaban J connectivity index is 0.00000256. The summed E-state index contributed by atoms with van der Waals surface area (Å²) < 4.78 is 31.0. The fourth-order valence-corrected chi connectivity index (χ4v) is 3.86. The van der Waals surface area contributed by atoms with E-state index in [4.69, 9.17) is 10.5 Å². The van der Waals surface area contributed by atoms with Crippen LogP contribution >= 0.6 is 12.4 Å². The summed E-state index contributed by atoms with van der Waals surface area (Å²) in [5.41, 5.74) is 5.63. The van der Waals surface area contributed by atoms with E-state index >= 15 is 0 Å². The summed E-state index contributed by atoms with van der Waals surface area (Å²) in [5, 5.41) is -0.496. The van der Waals surface area contributed by atoms with Crippen molar-refractivity contribution in [3.63, 3.8) is 0 Å². The molecule has 0 amide bonds. The molecule has 2 atom stereocenters. The van der Waals surface area contributed by atoms with Gasteiger partial charge in [0.05, 0.1) is 11.9 Å². The highest BCUT2D eigenvalue weighted by Crippen LogP contribution is 2.22. The van der Waals surface area contributed by atoms with Crippen LogP contribution in [-0.4, -0.2) is 50.8 Å². The number of piperidine rings is 1. The molecule has 5 nitrogen and oxygen atoms in total. The first-order chi connectivity index (χ1) is 7.54. The summed E-state index contributed by atoms with van der Waals surface area (Å²) in [5.74, 6) is 0. The predicted octanol–water partition coefficient (Wildman–Crippen LogP) is 0.586. The van der Waals surface area contributed by atoms with Gasteiger partial charge in [0, 0.05) is 26.2 Å². The van der Waals surface area contributed by atoms with E-state index < -0.39 is 15.3 Å². The molecule has 1 aliphatic rings. The summed E-state index contributed by atoms with van der Waals surface area (Å²) in [6.45, 7) is 2.91. The highest BCUT2D eigenvalue weighted by Gasteiger charge is 2.35. The van der Waals surface area contributed by atoms with Gasteiger partial charge in [0.1, 0.15) is 0 Å². The molecule has 0 saturated carbocycles. The van der Waals surface area contributed by atoms with E-state index in [2.05, 4.69) is 0 Å². The number of rotatable bonds is 5. The third-order valence-electron chi connectivity index (χ3n) is 3.08. The van der Waals surface area contributed by atoms with Crippen molar-refractivity contribution in [3.05, 3.63) is 0 Å². The molecule has 0 bridgehead atoms. The van der Waals surface area contributed by atoms with Gasteiger partial charge in [-0.1, -0.05) is 6.42 Å². The van der Waals surface area contributed by atoms with Gasteiger partial charge in [-0.15, -0.1) is 12.4 Å². The van der Waals surface area contributed by atoms with Crippen LogP contribution < -0.4 is 5.73 Å². The molecule has 104 valence electrons. The third-order valence-corrected chi connectivity index (χ3v) is 5.37. The molecule has 1 fully saturated rings. The molecule has 0 aromatic carbocycles. The minimum Gasteiger partial charge on any atom is -0.383 e. The van der Waals surface area contributed by atoms with E-state index in [1.165, 1.54) is 7.11 Å². The van der Waals surface area contributed by atoms with E-state index in [9.17, 15) is 8.42 Å². The number of methoxy groups -OCH3 is 1. The highest BCUT2D eigenvalue weighted by molar-refractivity contribution is 7.89. The van der Waals surface area contributed by atoms with Gasteiger partial charge < -0.3 is 10.5 Å². The second-order valence-corrected chi connectivity index (χ2v) is 6.61. The van der Waals surface area contributed by atoms with E-state index in [1.54, 1.807) is 11.2 Å². The number of ether oxygens (including phenoxy) is 1. The second-order valence-electron chi connectivity index (χ2n) is 4.31. The summed E-state index contributed by atoms with van der Waals surface area (Å²) >= 11 is 0. The first-order valence-corrected chi connectivity index (χ1v) is 7.24. The first kappa shape index (κ1) is 17.1. The quantitative estimate of drug-likeness (QED) is 0.803. The zero-order chi connectivity index (χ0) is 12.2. The molecule has 0 aromatic rings. The van der Waals surface area contributed by atoms with Crippen molar-refractivity contribution in [2.24, 2.45) is 5.73 Å². The third kappa shape index (κ3) is 4.06. The van der Waals surface area contributed by atoms with E-state index in [1.807, 2.05) is 0 Å². The van der Waals surface area contributed by atoms with E-state index in [-0.39, 0.29) is 25.1 Å². The maximum absolute atomic E-state index is 12.2. The second kappa shape index (κ2) is 7.53. The van der Waals surface area contributed by atoms with Gasteiger partial charge in [0.15, 0.2) is 0 Å². The number of nitrogens with zero attached hydrogens (tertiary/aromatic N) is 1. The fourth-order valence-electron chi connectivity index (χ4n) is 2.10. The molecule has 0 aliphatic carbocycles. The summed E-state index contributed by atoms with van der Waals surface area (Å²) in [6.07, 6.45) is 2.86. The van der Waals surface area contributed by atoms with Crippen molar-refractivity contribution < 1.29 is 13.2 Å². The van der Waals surface area contributed by atoms with Gasteiger partial charge in [0.2, 0.25) is 10.0 Å². The van der Waals surface area contributed by atoms with Gasteiger partial charge in [-0.2, -0.15) is 4.31 Å². The minimum atomic E-state index is -3.26. The van der Waals surface area contributed by atoms with Crippen LogP contribution in [0.1, 0.15) is 26.2 Å². The zero-order valence-corrected chi connectivity index (χ0v) is 12.1. The molecule has 1 aliphatic heterocycles. The maximum Gasteiger partial charge on any atom is 0.219 e. The normalized spacial score (nSPS) is 24.1. The highest BCUT2D eigenvalue weighted by atomic mass is 35.5. The smallest absolute Gasteiger partial charge is 0.219 e. The molecule has 0 aromatic heterocycles. The molecule has 7 heteroatoms. The topological polar surface area (TPSA) is 72.6 Å². The van der Waals surface area contributed by atoms with E-state index in [0.29, 0.717) is 13.1 Å². The molecule has 2 unspecified atom stereocenters. The number of hydrogen-bond donors (Lipinski definition) is 1. The maximum atomic E-state index is 12.2. The van der Waals surface area contributed by atoms with Crippen molar-refractivity contribution in [2.45, 2.75) is 37.5 Å². The van der Waals surface area contributed by atoms with Crippen LogP contribution in [0, 0.1) is 0 Å². The molecule has 1 saturated heterocycles. The van der Waals surface area contributed by atoms with Crippen LogP contribution in [0.5, 0.6) is 0 Å². The summed E-state index contributed by atoms with van der Waals surface area (Å²) in [4.78, 5) is 0. The summed E-state index contributed by atoms with van der Waals surface area (Å²) in [7, 11) is -1.74. The minimum absolute atomic E-state index is 0. The molecule has 17 heavy (non-hydrogen) atoms. The zero-order valence-electron chi connectivity index (χ0n) is 10.5. The molecule has 0 spiro atoms. The lowest BCUT2D eigenvalue weighted by molar-refractivity contribution is 0.193. The van der Waals surface area contributed by atoms with Crippen molar-refractivity contribution in [1.29, 1.82) is 0 Å². The summed E-state index contributed by atoms with van der Waals surface area (Å²) in [6, 6.07) is -0.0296. The van der Waals surface area contributed by atoms with Crippen LogP contribution in [0.15, 0.2) is 0 Å². The lowest BCUT2D eigenvalue weighted by Crippen LogP contribution is -2.50. The molecule has 0 radical (unpaired) electrons. The van der Waals surface area contributed by atoms with Crippen molar-refractivity contribution in [2.75, 3.05) is 26.8 Å². The van der Waals surface area contributed by atoms with Gasteiger partial charge in [0.25, 0.3) is 0 Å². The van der Waals surface area contributed by atoms with Crippen molar-refractivity contribution in [3.8, 4) is 0 Å². The van der Waals surface area contributed by atoms with Crippen LogP contribution in [-0.2, 0) is 14.8 Å². The molecular formula is C10H23ClN2O3S. The standard InChI is InChI=1S/C10H22N2O3S.ClH/c1-9(8-15-2)16(13,14)12-6-4-3-5-10(12)7-11;/h9-10H,3-8,11H2,1-2H3;1H. The number of sulfonamides is 1. The van der Waals surface area contributed by atoms with Gasteiger partial charge in [-0.25, -0.2) is 8.42 Å². The molecular weight excluding hydrogens is 264 g/mol. The van der Waals surface area contributed by atoms with Gasteiger partial charge in [-0.05, 0) is 19.8 Å². The van der Waals surface area contributed by atoms with Crippen LogP contribution in [0.25, 0.3) is 0 Å². The Kier molecular flexibility index (Phi) is 7.58.